The molecule has 2 aromatic rings. The predicted molar refractivity (Wildman–Crippen MR) is 67.2 cm³/mol. The maximum absolute atomic E-state index is 5.94. The Kier molecular flexibility index (Phi) is 2.98. The zero-order valence-corrected chi connectivity index (χ0v) is 11.2. The highest BCUT2D eigenvalue weighted by Gasteiger charge is 2.07. The molecule has 0 aliphatic carbocycles. The highest BCUT2D eigenvalue weighted by Crippen LogP contribution is 2.35. The minimum absolute atomic E-state index is 0.780. The van der Waals surface area contributed by atoms with Crippen molar-refractivity contribution in [2.75, 3.05) is 0 Å². The molecule has 1 aromatic heterocycles. The molecule has 1 heterocycles. The van der Waals surface area contributed by atoms with Gasteiger partial charge in [-0.1, -0.05) is 43.5 Å². The van der Waals surface area contributed by atoms with Gasteiger partial charge in [-0.15, -0.1) is 11.3 Å². The molecular formula is C9H5Br2ClS. The molecule has 0 amide bonds. The van der Waals surface area contributed by atoms with E-state index >= 15 is 0 Å². The van der Waals surface area contributed by atoms with E-state index in [0.29, 0.717) is 0 Å². The number of hydrogen-bond donors (Lipinski definition) is 0. The smallest absolute Gasteiger partial charge is 0.0431 e. The van der Waals surface area contributed by atoms with Gasteiger partial charge in [-0.2, -0.15) is 0 Å². The van der Waals surface area contributed by atoms with Gasteiger partial charge in [0.25, 0.3) is 0 Å². The Bertz CT molecular complexity index is 450. The van der Waals surface area contributed by atoms with E-state index in [-0.39, 0.29) is 0 Å². The molecule has 13 heavy (non-hydrogen) atoms. The van der Waals surface area contributed by atoms with Crippen molar-refractivity contribution >= 4 is 64.9 Å². The standard InChI is InChI=1S/C9H5Br2ClS/c10-3-5-4-13-8-2-6(12)1-7(11)9(5)8/h1-2,4H,3H2. The maximum Gasteiger partial charge on any atom is 0.0431 e. The molecule has 0 N–H and O–H groups in total. The van der Waals surface area contributed by atoms with Crippen LogP contribution in [-0.4, -0.2) is 0 Å². The first-order valence-electron chi connectivity index (χ1n) is 3.63. The lowest BCUT2D eigenvalue weighted by atomic mass is 10.2. The molecule has 0 saturated carbocycles. The molecular weight excluding hydrogens is 335 g/mol. The summed E-state index contributed by atoms with van der Waals surface area (Å²) in [4.78, 5) is 0. The molecule has 0 unspecified atom stereocenters. The number of alkyl halides is 1. The molecule has 68 valence electrons. The molecule has 0 atom stereocenters. The molecule has 0 bridgehead atoms. The second kappa shape index (κ2) is 3.89. The molecule has 0 fully saturated rings. The van der Waals surface area contributed by atoms with E-state index in [4.69, 9.17) is 11.6 Å². The van der Waals surface area contributed by atoms with Crippen molar-refractivity contribution < 1.29 is 0 Å². The third-order valence-corrected chi connectivity index (χ3v) is 4.24. The Balaban J connectivity index is 2.82. The van der Waals surface area contributed by atoms with Crippen molar-refractivity contribution in [1.82, 2.24) is 0 Å². The van der Waals surface area contributed by atoms with E-state index < -0.39 is 0 Å². The van der Waals surface area contributed by atoms with Crippen LogP contribution in [0.15, 0.2) is 22.0 Å². The Morgan fingerprint density at radius 3 is 2.85 bits per heavy atom. The summed E-state index contributed by atoms with van der Waals surface area (Å²) in [6, 6.07) is 3.93. The lowest BCUT2D eigenvalue weighted by molar-refractivity contribution is 1.54. The summed E-state index contributed by atoms with van der Waals surface area (Å²) in [5, 5.41) is 5.09. The Morgan fingerprint density at radius 1 is 1.38 bits per heavy atom. The van der Waals surface area contributed by atoms with Crippen molar-refractivity contribution in [3.8, 4) is 0 Å². The molecule has 0 radical (unpaired) electrons. The second-order valence-electron chi connectivity index (χ2n) is 2.66. The van der Waals surface area contributed by atoms with Crippen LogP contribution in [0, 0.1) is 0 Å². The van der Waals surface area contributed by atoms with Gasteiger partial charge in [-0.05, 0) is 23.1 Å². The Labute approximate surface area is 102 Å². The van der Waals surface area contributed by atoms with Crippen molar-refractivity contribution in [3.05, 3.63) is 32.6 Å². The van der Waals surface area contributed by atoms with Crippen LogP contribution in [0.4, 0.5) is 0 Å². The van der Waals surface area contributed by atoms with E-state index in [1.807, 2.05) is 12.1 Å². The van der Waals surface area contributed by atoms with Gasteiger partial charge in [0.15, 0.2) is 0 Å². The summed E-state index contributed by atoms with van der Waals surface area (Å²) < 4.78 is 2.31. The van der Waals surface area contributed by atoms with E-state index in [1.165, 1.54) is 15.6 Å². The summed E-state index contributed by atoms with van der Waals surface area (Å²) in [7, 11) is 0. The van der Waals surface area contributed by atoms with Crippen LogP contribution in [-0.2, 0) is 5.33 Å². The lowest BCUT2D eigenvalue weighted by Crippen LogP contribution is -1.75. The molecule has 0 saturated heterocycles. The van der Waals surface area contributed by atoms with Gasteiger partial charge in [-0.3, -0.25) is 0 Å². The van der Waals surface area contributed by atoms with Gasteiger partial charge in [0, 0.05) is 24.9 Å². The number of halogens is 3. The van der Waals surface area contributed by atoms with Crippen LogP contribution < -0.4 is 0 Å². The molecule has 0 spiro atoms. The Morgan fingerprint density at radius 2 is 2.15 bits per heavy atom. The van der Waals surface area contributed by atoms with Gasteiger partial charge < -0.3 is 0 Å². The van der Waals surface area contributed by atoms with E-state index in [9.17, 15) is 0 Å². The molecule has 1 aromatic carbocycles. The summed E-state index contributed by atoms with van der Waals surface area (Å²) in [5.74, 6) is 0. The van der Waals surface area contributed by atoms with E-state index in [0.717, 1.165) is 14.8 Å². The molecule has 4 heteroatoms. The summed E-state index contributed by atoms with van der Waals surface area (Å²) in [6.45, 7) is 0. The third-order valence-electron chi connectivity index (χ3n) is 1.81. The van der Waals surface area contributed by atoms with Gasteiger partial charge >= 0.3 is 0 Å². The molecule has 0 nitrogen and oxygen atoms in total. The van der Waals surface area contributed by atoms with Crippen LogP contribution in [0.3, 0.4) is 0 Å². The van der Waals surface area contributed by atoms with Crippen LogP contribution in [0.2, 0.25) is 5.02 Å². The van der Waals surface area contributed by atoms with Crippen LogP contribution >= 0.6 is 54.8 Å². The van der Waals surface area contributed by atoms with E-state index in [2.05, 4.69) is 37.2 Å². The SMILES string of the molecule is Clc1cc(Br)c2c(CBr)csc2c1. The minimum Gasteiger partial charge on any atom is -0.143 e. The van der Waals surface area contributed by atoms with Crippen molar-refractivity contribution in [3.63, 3.8) is 0 Å². The maximum atomic E-state index is 5.94. The number of thiophene rings is 1. The fourth-order valence-electron chi connectivity index (χ4n) is 1.25. The lowest BCUT2D eigenvalue weighted by Gasteiger charge is -1.98. The Hall–Kier alpha value is 0.430. The van der Waals surface area contributed by atoms with E-state index in [1.54, 1.807) is 11.3 Å². The number of rotatable bonds is 1. The summed E-state index contributed by atoms with van der Waals surface area (Å²) >= 11 is 14.6. The van der Waals surface area contributed by atoms with Crippen LogP contribution in [0.25, 0.3) is 10.1 Å². The number of fused-ring (bicyclic) bond motifs is 1. The quantitative estimate of drug-likeness (QED) is 0.625. The van der Waals surface area contributed by atoms with Gasteiger partial charge in [-0.25, -0.2) is 0 Å². The number of benzene rings is 1. The molecule has 0 aliphatic heterocycles. The largest absolute Gasteiger partial charge is 0.143 e. The normalized spacial score (nSPS) is 11.0. The van der Waals surface area contributed by atoms with Crippen molar-refractivity contribution in [2.45, 2.75) is 5.33 Å². The highest BCUT2D eigenvalue weighted by molar-refractivity contribution is 9.10. The average molecular weight is 340 g/mol. The highest BCUT2D eigenvalue weighted by atomic mass is 79.9. The first-order chi connectivity index (χ1) is 6.22. The second-order valence-corrected chi connectivity index (χ2v) is 5.42. The molecule has 2 rings (SSSR count). The fourth-order valence-corrected chi connectivity index (χ4v) is 4.19. The average Bonchev–Trinajstić information content (AvgIpc) is 2.47. The van der Waals surface area contributed by atoms with Gasteiger partial charge in [0.2, 0.25) is 0 Å². The monoisotopic (exact) mass is 338 g/mol. The summed E-state index contributed by atoms with van der Waals surface area (Å²) in [6.07, 6.45) is 0. The third kappa shape index (κ3) is 1.80. The van der Waals surface area contributed by atoms with Crippen molar-refractivity contribution in [2.24, 2.45) is 0 Å². The van der Waals surface area contributed by atoms with Crippen LogP contribution in [0.1, 0.15) is 5.56 Å². The number of hydrogen-bond acceptors (Lipinski definition) is 1. The van der Waals surface area contributed by atoms with Gasteiger partial charge in [0.05, 0.1) is 0 Å². The zero-order chi connectivity index (χ0) is 9.42. The molecule has 0 aliphatic rings. The zero-order valence-electron chi connectivity index (χ0n) is 6.48. The van der Waals surface area contributed by atoms with Gasteiger partial charge in [0.1, 0.15) is 0 Å². The first kappa shape index (κ1) is 9.97. The summed E-state index contributed by atoms with van der Waals surface area (Å²) in [5.41, 5.74) is 1.31. The minimum atomic E-state index is 0.780. The predicted octanol–water partition coefficient (Wildman–Crippen LogP) is 5.21. The topological polar surface area (TPSA) is 0 Å². The van der Waals surface area contributed by atoms with Crippen molar-refractivity contribution in [1.29, 1.82) is 0 Å². The van der Waals surface area contributed by atoms with Crippen LogP contribution in [0.5, 0.6) is 0 Å². The first-order valence-corrected chi connectivity index (χ1v) is 6.80. The fraction of sp³-hybridized carbons (Fsp3) is 0.111.